The second-order valence-corrected chi connectivity index (χ2v) is 2.18. The van der Waals surface area contributed by atoms with Gasteiger partial charge in [0.25, 0.3) is 0 Å². The highest BCUT2D eigenvalue weighted by Gasteiger charge is 2.04. The van der Waals surface area contributed by atoms with E-state index in [1.807, 2.05) is 0 Å². The maximum atomic E-state index is 12.3. The molecule has 0 atom stereocenters. The second-order valence-electron chi connectivity index (χ2n) is 2.18. The molecule has 0 spiro atoms. The summed E-state index contributed by atoms with van der Waals surface area (Å²) in [5.41, 5.74) is 8.17. The third kappa shape index (κ3) is 2.53. The van der Waals surface area contributed by atoms with Crippen molar-refractivity contribution in [2.24, 2.45) is 5.11 Å². The molecule has 0 N–H and O–H groups in total. The molecule has 0 amide bonds. The first-order valence-electron chi connectivity index (χ1n) is 3.39. The van der Waals surface area contributed by atoms with E-state index in [1.54, 1.807) is 0 Å². The summed E-state index contributed by atoms with van der Waals surface area (Å²) in [6.07, 6.45) is 1.10. The number of hydrogen-bond donors (Lipinski definition) is 0. The van der Waals surface area contributed by atoms with Crippen LogP contribution in [0.15, 0.2) is 23.4 Å². The molecular weight excluding hydrogens is 175 g/mol. The summed E-state index contributed by atoms with van der Waals surface area (Å²) < 4.78 is 12.3. The molecule has 6 heteroatoms. The van der Waals surface area contributed by atoms with Crippen LogP contribution in [-0.4, -0.2) is 17.3 Å². The van der Waals surface area contributed by atoms with Gasteiger partial charge >= 0.3 is 0 Å². The first-order valence-corrected chi connectivity index (χ1v) is 3.39. The lowest BCUT2D eigenvalue weighted by Crippen LogP contribution is -2.03. The Bertz CT molecular complexity index is 355. The minimum Gasteiger partial charge on any atom is -0.294 e. The summed E-state index contributed by atoms with van der Waals surface area (Å²) >= 11 is 0. The fourth-order valence-electron chi connectivity index (χ4n) is 0.728. The van der Waals surface area contributed by atoms with Gasteiger partial charge in [-0.05, 0) is 17.7 Å². The van der Waals surface area contributed by atoms with Crippen LogP contribution in [0.2, 0.25) is 0 Å². The number of ketones is 1. The molecule has 0 saturated carbocycles. The fraction of sp³-hybridized carbons (Fsp3) is 0.143. The number of Topliss-reactive ketones (excluding diaryl/α,β-unsaturated/α-hetero) is 1. The van der Waals surface area contributed by atoms with Gasteiger partial charge in [0.2, 0.25) is 5.95 Å². The average Bonchev–Trinajstić information content (AvgIpc) is 2.15. The summed E-state index contributed by atoms with van der Waals surface area (Å²) in [6.45, 7) is -0.274. The predicted octanol–water partition coefficient (Wildman–Crippen LogP) is 1.71. The summed E-state index contributed by atoms with van der Waals surface area (Å²) in [7, 11) is 0. The van der Waals surface area contributed by atoms with Crippen LogP contribution in [0, 0.1) is 5.95 Å². The maximum absolute atomic E-state index is 12.3. The molecular formula is C7H5FN4O. The number of aromatic nitrogens is 1. The molecule has 1 aromatic heterocycles. The number of carbonyl (C=O) groups excluding carboxylic acids is 1. The number of azide groups is 1. The molecule has 0 bridgehead atoms. The predicted molar refractivity (Wildman–Crippen MR) is 42.5 cm³/mol. The van der Waals surface area contributed by atoms with Crippen LogP contribution >= 0.6 is 0 Å². The standard InChI is InChI=1S/C7H5FN4O/c8-7-2-1-5(3-10-7)6(13)4-11-12-9/h1-3H,4H2. The Kier molecular flexibility index (Phi) is 2.94. The first kappa shape index (κ1) is 9.15. The normalized spacial score (nSPS) is 9.00. The zero-order chi connectivity index (χ0) is 9.68. The van der Waals surface area contributed by atoms with Crippen LogP contribution in [-0.2, 0) is 0 Å². The quantitative estimate of drug-likeness (QED) is 0.233. The van der Waals surface area contributed by atoms with Crippen molar-refractivity contribution in [3.05, 3.63) is 40.3 Å². The van der Waals surface area contributed by atoms with Crippen molar-refractivity contribution in [3.63, 3.8) is 0 Å². The molecule has 1 heterocycles. The van der Waals surface area contributed by atoms with Crippen LogP contribution in [0.3, 0.4) is 0 Å². The van der Waals surface area contributed by atoms with E-state index in [-0.39, 0.29) is 17.9 Å². The number of nitrogens with zero attached hydrogens (tertiary/aromatic N) is 4. The molecule has 0 radical (unpaired) electrons. The SMILES string of the molecule is [N-]=[N+]=NCC(=O)c1ccc(F)nc1. The molecule has 0 aliphatic heterocycles. The Morgan fingerprint density at radius 1 is 1.69 bits per heavy atom. The lowest BCUT2D eigenvalue weighted by Gasteiger charge is -1.94. The molecule has 13 heavy (non-hydrogen) atoms. The van der Waals surface area contributed by atoms with Crippen LogP contribution in [0.4, 0.5) is 4.39 Å². The van der Waals surface area contributed by atoms with E-state index in [1.165, 1.54) is 6.07 Å². The van der Waals surface area contributed by atoms with Gasteiger partial charge in [0.15, 0.2) is 5.78 Å². The molecule has 66 valence electrons. The monoisotopic (exact) mass is 180 g/mol. The molecule has 1 aromatic rings. The molecule has 5 nitrogen and oxygen atoms in total. The molecule has 0 fully saturated rings. The molecule has 0 aliphatic rings. The summed E-state index contributed by atoms with van der Waals surface area (Å²) in [5.74, 6) is -1.04. The fourth-order valence-corrected chi connectivity index (χ4v) is 0.728. The largest absolute Gasteiger partial charge is 0.294 e. The third-order valence-corrected chi connectivity index (χ3v) is 1.33. The molecule has 0 unspecified atom stereocenters. The van der Waals surface area contributed by atoms with E-state index in [2.05, 4.69) is 15.0 Å². The summed E-state index contributed by atoms with van der Waals surface area (Å²) in [4.78, 5) is 16.8. The Balaban J connectivity index is 2.77. The first-order chi connectivity index (χ1) is 6.24. The lowest BCUT2D eigenvalue weighted by atomic mass is 10.2. The Morgan fingerprint density at radius 3 is 3.00 bits per heavy atom. The van der Waals surface area contributed by atoms with Crippen molar-refractivity contribution in [2.45, 2.75) is 0 Å². The van der Waals surface area contributed by atoms with Crippen molar-refractivity contribution < 1.29 is 9.18 Å². The van der Waals surface area contributed by atoms with E-state index in [0.29, 0.717) is 0 Å². The van der Waals surface area contributed by atoms with Gasteiger partial charge in [0.1, 0.15) is 0 Å². The highest BCUT2D eigenvalue weighted by Crippen LogP contribution is 2.00. The lowest BCUT2D eigenvalue weighted by molar-refractivity contribution is 0.100. The Hall–Kier alpha value is -1.94. The van der Waals surface area contributed by atoms with Crippen molar-refractivity contribution in [3.8, 4) is 0 Å². The molecule has 0 aromatic carbocycles. The Labute approximate surface area is 72.8 Å². The van der Waals surface area contributed by atoms with Gasteiger partial charge in [0, 0.05) is 16.7 Å². The topological polar surface area (TPSA) is 78.7 Å². The molecule has 1 rings (SSSR count). The zero-order valence-corrected chi connectivity index (χ0v) is 6.51. The smallest absolute Gasteiger partial charge is 0.212 e. The van der Waals surface area contributed by atoms with Gasteiger partial charge in [-0.15, -0.1) is 0 Å². The maximum Gasteiger partial charge on any atom is 0.212 e. The van der Waals surface area contributed by atoms with Crippen LogP contribution in [0.1, 0.15) is 10.4 Å². The van der Waals surface area contributed by atoms with Crippen molar-refractivity contribution in [1.82, 2.24) is 4.98 Å². The minimum absolute atomic E-state index is 0.230. The van der Waals surface area contributed by atoms with Crippen LogP contribution in [0.25, 0.3) is 10.4 Å². The number of hydrogen-bond acceptors (Lipinski definition) is 3. The Morgan fingerprint density at radius 2 is 2.46 bits per heavy atom. The number of pyridine rings is 1. The third-order valence-electron chi connectivity index (χ3n) is 1.33. The minimum atomic E-state index is -0.652. The van der Waals surface area contributed by atoms with E-state index < -0.39 is 5.95 Å². The van der Waals surface area contributed by atoms with Crippen LogP contribution in [0.5, 0.6) is 0 Å². The second kappa shape index (κ2) is 4.18. The summed E-state index contributed by atoms with van der Waals surface area (Å²) in [5, 5.41) is 3.08. The van der Waals surface area contributed by atoms with Crippen molar-refractivity contribution in [2.75, 3.05) is 6.54 Å². The highest BCUT2D eigenvalue weighted by atomic mass is 19.1. The van der Waals surface area contributed by atoms with Gasteiger partial charge in [-0.25, -0.2) is 4.98 Å². The van der Waals surface area contributed by atoms with Crippen molar-refractivity contribution >= 4 is 5.78 Å². The average molecular weight is 180 g/mol. The van der Waals surface area contributed by atoms with Crippen molar-refractivity contribution in [1.29, 1.82) is 0 Å². The zero-order valence-electron chi connectivity index (χ0n) is 6.51. The van der Waals surface area contributed by atoms with E-state index >= 15 is 0 Å². The molecule has 0 aliphatic carbocycles. The van der Waals surface area contributed by atoms with Gasteiger partial charge < -0.3 is 0 Å². The molecule has 0 saturated heterocycles. The summed E-state index contributed by atoms with van der Waals surface area (Å²) in [6, 6.07) is 2.36. The van der Waals surface area contributed by atoms with Crippen LogP contribution < -0.4 is 0 Å². The van der Waals surface area contributed by atoms with E-state index in [9.17, 15) is 9.18 Å². The van der Waals surface area contributed by atoms with Gasteiger partial charge in [0.05, 0.1) is 6.54 Å². The van der Waals surface area contributed by atoms with Gasteiger partial charge in [-0.2, -0.15) is 4.39 Å². The van der Waals surface area contributed by atoms with E-state index in [4.69, 9.17) is 5.53 Å². The van der Waals surface area contributed by atoms with Gasteiger partial charge in [-0.3, -0.25) is 4.79 Å². The number of halogens is 1. The highest BCUT2D eigenvalue weighted by molar-refractivity contribution is 5.97. The van der Waals surface area contributed by atoms with Gasteiger partial charge in [-0.1, -0.05) is 5.11 Å². The van der Waals surface area contributed by atoms with E-state index in [0.717, 1.165) is 12.3 Å². The number of carbonyl (C=O) groups is 1. The number of rotatable bonds is 3.